The zero-order valence-electron chi connectivity index (χ0n) is 12.2. The van der Waals surface area contributed by atoms with Gasteiger partial charge >= 0.3 is 0 Å². The van der Waals surface area contributed by atoms with E-state index in [1.165, 1.54) is 25.7 Å². The zero-order valence-corrected chi connectivity index (χ0v) is 12.2. The summed E-state index contributed by atoms with van der Waals surface area (Å²) in [5.74, 6) is 0.368. The number of carbonyl (C=O) groups excluding carboxylic acids is 1. The standard InChI is InChI=1S/C14H29N3O/c1-12(8-9-15)14(18)17(11-10-16(2)3)13-6-4-5-7-13/h12-13H,4-11,15H2,1-3H3. The van der Waals surface area contributed by atoms with E-state index in [9.17, 15) is 4.79 Å². The molecule has 1 saturated carbocycles. The predicted octanol–water partition coefficient (Wildman–Crippen LogP) is 1.30. The summed E-state index contributed by atoms with van der Waals surface area (Å²) in [5, 5.41) is 0. The molecule has 18 heavy (non-hydrogen) atoms. The number of nitrogens with zero attached hydrogens (tertiary/aromatic N) is 2. The fourth-order valence-corrected chi connectivity index (χ4v) is 2.65. The Bertz CT molecular complexity index is 249. The molecule has 4 heteroatoms. The molecule has 106 valence electrons. The van der Waals surface area contributed by atoms with Crippen molar-refractivity contribution in [2.75, 3.05) is 33.7 Å². The first-order valence-electron chi connectivity index (χ1n) is 7.21. The quantitative estimate of drug-likeness (QED) is 0.746. The lowest BCUT2D eigenvalue weighted by Gasteiger charge is -2.32. The lowest BCUT2D eigenvalue weighted by molar-refractivity contribution is -0.137. The van der Waals surface area contributed by atoms with Crippen molar-refractivity contribution in [3.63, 3.8) is 0 Å². The largest absolute Gasteiger partial charge is 0.338 e. The maximum absolute atomic E-state index is 12.5. The third-order valence-electron chi connectivity index (χ3n) is 3.86. The molecule has 1 amide bonds. The van der Waals surface area contributed by atoms with Crippen molar-refractivity contribution in [1.82, 2.24) is 9.80 Å². The Hall–Kier alpha value is -0.610. The lowest BCUT2D eigenvalue weighted by Crippen LogP contribution is -2.45. The van der Waals surface area contributed by atoms with Gasteiger partial charge in [0, 0.05) is 25.0 Å². The first kappa shape index (κ1) is 15.4. The van der Waals surface area contributed by atoms with Crippen LogP contribution >= 0.6 is 0 Å². The molecule has 0 spiro atoms. The summed E-state index contributed by atoms with van der Waals surface area (Å²) in [6.07, 6.45) is 5.68. The van der Waals surface area contributed by atoms with Gasteiger partial charge in [0.15, 0.2) is 0 Å². The zero-order chi connectivity index (χ0) is 13.5. The first-order chi connectivity index (χ1) is 8.56. The van der Waals surface area contributed by atoms with Gasteiger partial charge in [-0.05, 0) is 39.9 Å². The van der Waals surface area contributed by atoms with E-state index in [1.807, 2.05) is 6.92 Å². The van der Waals surface area contributed by atoms with Crippen molar-refractivity contribution in [3.05, 3.63) is 0 Å². The molecule has 1 aliphatic rings. The molecule has 1 aliphatic carbocycles. The second-order valence-electron chi connectivity index (χ2n) is 5.75. The molecule has 0 aliphatic heterocycles. The van der Waals surface area contributed by atoms with Crippen LogP contribution in [0, 0.1) is 5.92 Å². The van der Waals surface area contributed by atoms with Crippen LogP contribution in [0.2, 0.25) is 0 Å². The molecule has 1 fully saturated rings. The van der Waals surface area contributed by atoms with Gasteiger partial charge in [0.25, 0.3) is 0 Å². The number of rotatable bonds is 7. The second kappa shape index (κ2) is 7.74. The van der Waals surface area contributed by atoms with Crippen LogP contribution in [0.15, 0.2) is 0 Å². The Labute approximate surface area is 111 Å². The van der Waals surface area contributed by atoms with Crippen molar-refractivity contribution >= 4 is 5.91 Å². The minimum absolute atomic E-state index is 0.0674. The molecule has 0 heterocycles. The molecular formula is C14H29N3O. The summed E-state index contributed by atoms with van der Waals surface area (Å²) >= 11 is 0. The third-order valence-corrected chi connectivity index (χ3v) is 3.86. The summed E-state index contributed by atoms with van der Waals surface area (Å²) in [6.45, 7) is 4.40. The molecule has 0 aromatic rings. The number of nitrogens with two attached hydrogens (primary N) is 1. The van der Waals surface area contributed by atoms with E-state index in [-0.39, 0.29) is 5.92 Å². The fraction of sp³-hybridized carbons (Fsp3) is 0.929. The third kappa shape index (κ3) is 4.58. The minimum atomic E-state index is 0.0674. The summed E-state index contributed by atoms with van der Waals surface area (Å²) in [4.78, 5) is 16.7. The van der Waals surface area contributed by atoms with Gasteiger partial charge in [-0.1, -0.05) is 19.8 Å². The Kier molecular flexibility index (Phi) is 6.65. The molecule has 0 aromatic heterocycles. The van der Waals surface area contributed by atoms with Gasteiger partial charge in [-0.3, -0.25) is 4.79 Å². The average Bonchev–Trinajstić information content (AvgIpc) is 2.82. The SMILES string of the molecule is CC(CCN)C(=O)N(CCN(C)C)C1CCCC1. The van der Waals surface area contributed by atoms with Gasteiger partial charge in [0.1, 0.15) is 0 Å². The fourth-order valence-electron chi connectivity index (χ4n) is 2.65. The molecule has 1 rings (SSSR count). The lowest BCUT2D eigenvalue weighted by atomic mass is 10.0. The van der Waals surface area contributed by atoms with Gasteiger partial charge < -0.3 is 15.5 Å². The van der Waals surface area contributed by atoms with E-state index in [0.717, 1.165) is 19.5 Å². The molecule has 0 bridgehead atoms. The van der Waals surface area contributed by atoms with Crippen molar-refractivity contribution in [1.29, 1.82) is 0 Å². The number of likely N-dealkylation sites (N-methyl/N-ethyl adjacent to an activating group) is 1. The number of hydrogen-bond acceptors (Lipinski definition) is 3. The summed E-state index contributed by atoms with van der Waals surface area (Å²) < 4.78 is 0. The molecule has 0 saturated heterocycles. The minimum Gasteiger partial charge on any atom is -0.338 e. The van der Waals surface area contributed by atoms with Crippen LogP contribution in [-0.4, -0.2) is 55.5 Å². The monoisotopic (exact) mass is 255 g/mol. The van der Waals surface area contributed by atoms with E-state index in [0.29, 0.717) is 18.5 Å². The van der Waals surface area contributed by atoms with E-state index in [1.54, 1.807) is 0 Å². The van der Waals surface area contributed by atoms with Crippen LogP contribution in [0.4, 0.5) is 0 Å². The van der Waals surface area contributed by atoms with Gasteiger partial charge in [-0.25, -0.2) is 0 Å². The van der Waals surface area contributed by atoms with Crippen LogP contribution < -0.4 is 5.73 Å². The van der Waals surface area contributed by atoms with Crippen LogP contribution in [0.3, 0.4) is 0 Å². The van der Waals surface area contributed by atoms with E-state index >= 15 is 0 Å². The van der Waals surface area contributed by atoms with Gasteiger partial charge in [-0.2, -0.15) is 0 Å². The van der Waals surface area contributed by atoms with Gasteiger partial charge in [0.05, 0.1) is 0 Å². The Morgan fingerprint density at radius 1 is 1.28 bits per heavy atom. The van der Waals surface area contributed by atoms with Crippen molar-refractivity contribution in [2.24, 2.45) is 11.7 Å². The number of amides is 1. The van der Waals surface area contributed by atoms with Gasteiger partial charge in [-0.15, -0.1) is 0 Å². The highest BCUT2D eigenvalue weighted by Gasteiger charge is 2.28. The molecule has 0 aromatic carbocycles. The van der Waals surface area contributed by atoms with Crippen LogP contribution in [0.5, 0.6) is 0 Å². The second-order valence-corrected chi connectivity index (χ2v) is 5.75. The Balaban J connectivity index is 2.60. The summed E-state index contributed by atoms with van der Waals surface area (Å²) in [5.41, 5.74) is 5.56. The van der Waals surface area contributed by atoms with Crippen molar-refractivity contribution in [2.45, 2.75) is 45.1 Å². The molecule has 1 atom stereocenters. The molecule has 4 nitrogen and oxygen atoms in total. The van der Waals surface area contributed by atoms with E-state index < -0.39 is 0 Å². The molecule has 1 unspecified atom stereocenters. The summed E-state index contributed by atoms with van der Waals surface area (Å²) in [7, 11) is 4.11. The van der Waals surface area contributed by atoms with E-state index in [2.05, 4.69) is 23.9 Å². The maximum Gasteiger partial charge on any atom is 0.225 e. The van der Waals surface area contributed by atoms with Crippen LogP contribution in [0.1, 0.15) is 39.0 Å². The smallest absolute Gasteiger partial charge is 0.225 e. The topological polar surface area (TPSA) is 49.6 Å². The normalized spacial score (nSPS) is 18.3. The van der Waals surface area contributed by atoms with Crippen molar-refractivity contribution < 1.29 is 4.79 Å². The predicted molar refractivity (Wildman–Crippen MR) is 75.4 cm³/mol. The Morgan fingerprint density at radius 2 is 1.89 bits per heavy atom. The highest BCUT2D eigenvalue weighted by atomic mass is 16.2. The van der Waals surface area contributed by atoms with Crippen LogP contribution in [0.25, 0.3) is 0 Å². The molecule has 0 radical (unpaired) electrons. The Morgan fingerprint density at radius 3 is 2.39 bits per heavy atom. The average molecular weight is 255 g/mol. The highest BCUT2D eigenvalue weighted by molar-refractivity contribution is 5.78. The highest BCUT2D eigenvalue weighted by Crippen LogP contribution is 2.25. The molecular weight excluding hydrogens is 226 g/mol. The maximum atomic E-state index is 12.5. The number of carbonyl (C=O) groups is 1. The summed E-state index contributed by atoms with van der Waals surface area (Å²) in [6, 6.07) is 0.470. The molecule has 2 N–H and O–H groups in total. The van der Waals surface area contributed by atoms with Gasteiger partial charge in [0.2, 0.25) is 5.91 Å². The first-order valence-corrected chi connectivity index (χ1v) is 7.21. The number of hydrogen-bond donors (Lipinski definition) is 1. The van der Waals surface area contributed by atoms with Crippen LogP contribution in [-0.2, 0) is 4.79 Å². The van der Waals surface area contributed by atoms with E-state index in [4.69, 9.17) is 5.73 Å². The van der Waals surface area contributed by atoms with Crippen molar-refractivity contribution in [3.8, 4) is 0 Å².